The van der Waals surface area contributed by atoms with Crippen molar-refractivity contribution < 1.29 is 18.0 Å². The number of hydrogen-bond acceptors (Lipinski definition) is 6. The first-order valence-electron chi connectivity index (χ1n) is 8.52. The maximum Gasteiger partial charge on any atom is 0.451 e. The Balaban J connectivity index is 1.72. The molecular formula is C15H17F3N8O4. The quantitative estimate of drug-likeness (QED) is 0.507. The molecule has 12 nitrogen and oxygen atoms in total. The highest BCUT2D eigenvalue weighted by atomic mass is 19.4. The van der Waals surface area contributed by atoms with E-state index >= 15 is 0 Å². The van der Waals surface area contributed by atoms with Crippen molar-refractivity contribution in [3.05, 3.63) is 43.5 Å². The number of halogens is 3. The second-order valence-corrected chi connectivity index (χ2v) is 6.49. The molecule has 0 unspecified atom stereocenters. The number of aryl methyl sites for hydroxylation is 1. The highest BCUT2D eigenvalue weighted by Crippen LogP contribution is 2.25. The van der Waals surface area contributed by atoms with Gasteiger partial charge in [0.05, 0.1) is 12.9 Å². The number of nitrogens with one attached hydrogen (secondary N) is 1. The minimum absolute atomic E-state index is 0.0468. The summed E-state index contributed by atoms with van der Waals surface area (Å²) in [5, 5.41) is 5.67. The minimum Gasteiger partial charge on any atom is -0.353 e. The van der Waals surface area contributed by atoms with Gasteiger partial charge in [-0.2, -0.15) is 13.2 Å². The normalized spacial score (nSPS) is 11.9. The number of carbonyl (C=O) groups is 1. The number of aromatic nitrogens is 7. The lowest BCUT2D eigenvalue weighted by Crippen LogP contribution is -2.38. The Bertz CT molecular complexity index is 1310. The molecule has 0 aliphatic heterocycles. The number of amides is 1. The van der Waals surface area contributed by atoms with Crippen molar-refractivity contribution in [2.24, 2.45) is 21.1 Å². The van der Waals surface area contributed by atoms with E-state index in [-0.39, 0.29) is 30.8 Å². The van der Waals surface area contributed by atoms with Gasteiger partial charge in [-0.3, -0.25) is 23.3 Å². The highest BCUT2D eigenvalue weighted by Gasteiger charge is 2.37. The van der Waals surface area contributed by atoms with Gasteiger partial charge in [0.25, 0.3) is 5.56 Å². The Hall–Kier alpha value is -3.65. The van der Waals surface area contributed by atoms with Gasteiger partial charge in [-0.15, -0.1) is 5.10 Å². The fourth-order valence-corrected chi connectivity index (χ4v) is 2.91. The van der Waals surface area contributed by atoms with Crippen LogP contribution in [-0.2, 0) is 45.2 Å². The van der Waals surface area contributed by atoms with Crippen molar-refractivity contribution in [2.45, 2.75) is 19.3 Å². The summed E-state index contributed by atoms with van der Waals surface area (Å²) in [5.41, 5.74) is -2.01. The minimum atomic E-state index is -4.78. The standard InChI is InChI=1S/C15H17F3N8O4/c1-22-10-9(11(28)23(2)13(22)29)25(7-20-10)6-8(27)19-4-5-26-14(30)24(3)12(21-26)15(16,17)18/h7H,4-6H2,1-3H3,(H,19,27). The molecule has 0 saturated carbocycles. The lowest BCUT2D eigenvalue weighted by molar-refractivity contribution is -0.147. The molecule has 0 spiro atoms. The Morgan fingerprint density at radius 2 is 1.73 bits per heavy atom. The topological polar surface area (TPSA) is 131 Å². The summed E-state index contributed by atoms with van der Waals surface area (Å²) < 4.78 is 42.6. The summed E-state index contributed by atoms with van der Waals surface area (Å²) in [6, 6.07) is 0. The average Bonchev–Trinajstić information content (AvgIpc) is 3.20. The van der Waals surface area contributed by atoms with E-state index in [1.165, 1.54) is 25.0 Å². The van der Waals surface area contributed by atoms with Crippen LogP contribution in [0.3, 0.4) is 0 Å². The molecule has 1 amide bonds. The predicted octanol–water partition coefficient (Wildman–Crippen LogP) is -1.84. The van der Waals surface area contributed by atoms with Crippen LogP contribution < -0.4 is 22.3 Å². The first kappa shape index (κ1) is 21.1. The summed E-state index contributed by atoms with van der Waals surface area (Å²) in [5.74, 6) is -1.92. The molecule has 0 bridgehead atoms. The molecule has 0 saturated heterocycles. The van der Waals surface area contributed by atoms with Crippen LogP contribution in [0.4, 0.5) is 13.2 Å². The Labute approximate surface area is 164 Å². The first-order chi connectivity index (χ1) is 13.9. The molecule has 30 heavy (non-hydrogen) atoms. The van der Waals surface area contributed by atoms with Gasteiger partial charge in [-0.25, -0.2) is 19.3 Å². The molecular weight excluding hydrogens is 413 g/mol. The average molecular weight is 430 g/mol. The number of nitrogens with zero attached hydrogens (tertiary/aromatic N) is 7. The fourth-order valence-electron chi connectivity index (χ4n) is 2.91. The van der Waals surface area contributed by atoms with Crippen molar-refractivity contribution in [3.63, 3.8) is 0 Å². The van der Waals surface area contributed by atoms with Gasteiger partial charge >= 0.3 is 17.6 Å². The zero-order chi connectivity index (χ0) is 22.4. The van der Waals surface area contributed by atoms with Gasteiger partial charge in [-0.1, -0.05) is 0 Å². The monoisotopic (exact) mass is 430 g/mol. The van der Waals surface area contributed by atoms with Crippen LogP contribution in [0.5, 0.6) is 0 Å². The van der Waals surface area contributed by atoms with Gasteiger partial charge in [-0.05, 0) is 0 Å². The number of hydrogen-bond donors (Lipinski definition) is 1. The van der Waals surface area contributed by atoms with E-state index in [0.717, 1.165) is 16.2 Å². The largest absolute Gasteiger partial charge is 0.451 e. The summed E-state index contributed by atoms with van der Waals surface area (Å²) in [4.78, 5) is 52.2. The van der Waals surface area contributed by atoms with Crippen LogP contribution in [0.15, 0.2) is 20.7 Å². The molecule has 3 aromatic rings. The second-order valence-electron chi connectivity index (χ2n) is 6.49. The van der Waals surface area contributed by atoms with Gasteiger partial charge in [0.1, 0.15) is 6.54 Å². The zero-order valence-electron chi connectivity index (χ0n) is 16.1. The summed E-state index contributed by atoms with van der Waals surface area (Å²) in [6.07, 6.45) is -3.55. The third-order valence-electron chi connectivity index (χ3n) is 4.47. The smallest absolute Gasteiger partial charge is 0.353 e. The molecule has 3 rings (SSSR count). The van der Waals surface area contributed by atoms with Crippen LogP contribution in [0, 0.1) is 0 Å². The molecule has 0 atom stereocenters. The summed E-state index contributed by atoms with van der Waals surface area (Å²) >= 11 is 0. The van der Waals surface area contributed by atoms with E-state index in [9.17, 15) is 32.3 Å². The SMILES string of the molecule is Cn1c(C(F)(F)F)nn(CCNC(=O)Cn2cnc3c2c(=O)n(C)c(=O)n3C)c1=O. The van der Waals surface area contributed by atoms with Gasteiger partial charge in [0.15, 0.2) is 11.2 Å². The van der Waals surface area contributed by atoms with Crippen molar-refractivity contribution in [1.82, 2.24) is 38.3 Å². The number of carbonyl (C=O) groups excluding carboxylic acids is 1. The zero-order valence-corrected chi connectivity index (χ0v) is 16.1. The predicted molar refractivity (Wildman–Crippen MR) is 95.7 cm³/mol. The lowest BCUT2D eigenvalue weighted by Gasteiger charge is -2.08. The van der Waals surface area contributed by atoms with E-state index in [1.807, 2.05) is 0 Å². The maximum absolute atomic E-state index is 12.8. The van der Waals surface area contributed by atoms with E-state index in [4.69, 9.17) is 0 Å². The highest BCUT2D eigenvalue weighted by molar-refractivity contribution is 5.78. The van der Waals surface area contributed by atoms with Crippen molar-refractivity contribution in [2.75, 3.05) is 6.54 Å². The third-order valence-corrected chi connectivity index (χ3v) is 4.47. The number of rotatable bonds is 5. The summed E-state index contributed by atoms with van der Waals surface area (Å²) in [6.45, 7) is -0.777. The summed E-state index contributed by atoms with van der Waals surface area (Å²) in [7, 11) is 3.67. The van der Waals surface area contributed by atoms with Crippen LogP contribution >= 0.6 is 0 Å². The fraction of sp³-hybridized carbons (Fsp3) is 0.467. The van der Waals surface area contributed by atoms with Crippen LogP contribution in [0.25, 0.3) is 11.2 Å². The third kappa shape index (κ3) is 3.53. The lowest BCUT2D eigenvalue weighted by atomic mass is 10.4. The van der Waals surface area contributed by atoms with E-state index in [1.54, 1.807) is 0 Å². The molecule has 3 aromatic heterocycles. The number of alkyl halides is 3. The molecule has 0 aromatic carbocycles. The van der Waals surface area contributed by atoms with Crippen molar-refractivity contribution >= 4 is 17.1 Å². The molecule has 0 aliphatic rings. The van der Waals surface area contributed by atoms with E-state index in [0.29, 0.717) is 9.25 Å². The molecule has 0 radical (unpaired) electrons. The van der Waals surface area contributed by atoms with Crippen LogP contribution in [0.1, 0.15) is 5.82 Å². The molecule has 162 valence electrons. The maximum atomic E-state index is 12.8. The van der Waals surface area contributed by atoms with Gasteiger partial charge in [0, 0.05) is 27.7 Å². The van der Waals surface area contributed by atoms with E-state index in [2.05, 4.69) is 15.4 Å². The van der Waals surface area contributed by atoms with Crippen LogP contribution in [-0.4, -0.2) is 45.5 Å². The Morgan fingerprint density at radius 3 is 2.33 bits per heavy atom. The van der Waals surface area contributed by atoms with Crippen molar-refractivity contribution in [3.8, 4) is 0 Å². The Morgan fingerprint density at radius 1 is 1.07 bits per heavy atom. The molecule has 3 heterocycles. The molecule has 1 N–H and O–H groups in total. The molecule has 0 fully saturated rings. The van der Waals surface area contributed by atoms with Crippen molar-refractivity contribution in [1.29, 1.82) is 0 Å². The second kappa shape index (κ2) is 7.31. The van der Waals surface area contributed by atoms with E-state index < -0.39 is 34.8 Å². The van der Waals surface area contributed by atoms with Gasteiger partial charge in [0.2, 0.25) is 11.7 Å². The number of fused-ring (bicyclic) bond motifs is 1. The first-order valence-corrected chi connectivity index (χ1v) is 8.52. The van der Waals surface area contributed by atoms with Crippen LogP contribution in [0.2, 0.25) is 0 Å². The molecule has 0 aliphatic carbocycles. The molecule has 15 heteroatoms. The Kier molecular flexibility index (Phi) is 5.13. The van der Waals surface area contributed by atoms with Gasteiger partial charge < -0.3 is 9.88 Å². The number of imidazole rings is 1.